The van der Waals surface area contributed by atoms with Crippen LogP contribution in [0, 0.1) is 0 Å². The van der Waals surface area contributed by atoms with E-state index in [0.29, 0.717) is 49.0 Å². The predicted octanol–water partition coefficient (Wildman–Crippen LogP) is 4.96. The molecular formula is C32H33F3N6O4. The lowest BCUT2D eigenvalue weighted by atomic mass is 10.0. The Morgan fingerprint density at radius 2 is 1.89 bits per heavy atom. The Balaban J connectivity index is 0.989. The first kappa shape index (κ1) is 29.4. The lowest BCUT2D eigenvalue weighted by Crippen LogP contribution is -2.45. The zero-order chi connectivity index (χ0) is 31.3. The molecule has 1 aromatic heterocycles. The summed E-state index contributed by atoms with van der Waals surface area (Å²) in [5.41, 5.74) is 1.21. The minimum absolute atomic E-state index is 0.0686. The van der Waals surface area contributed by atoms with E-state index in [0.717, 1.165) is 36.8 Å². The predicted molar refractivity (Wildman–Crippen MR) is 160 cm³/mol. The van der Waals surface area contributed by atoms with Crippen LogP contribution in [0.1, 0.15) is 41.5 Å². The average molecular weight is 623 g/mol. The highest BCUT2D eigenvalue weighted by Gasteiger charge is 2.59. The summed E-state index contributed by atoms with van der Waals surface area (Å²) in [5, 5.41) is 8.18. The number of carbonyl (C=O) groups is 2. The largest absolute Gasteiger partial charge is 0.487 e. The molecule has 2 aromatic carbocycles. The van der Waals surface area contributed by atoms with Gasteiger partial charge in [-0.05, 0) is 54.9 Å². The number of fused-ring (bicyclic) bond motifs is 4. The normalized spacial score (nSPS) is 22.4. The van der Waals surface area contributed by atoms with E-state index in [2.05, 4.69) is 32.8 Å². The summed E-state index contributed by atoms with van der Waals surface area (Å²) < 4.78 is 54.2. The minimum atomic E-state index is -4.55. The molecule has 13 heteroatoms. The molecule has 3 atom stereocenters. The number of rotatable bonds is 7. The third-order valence-corrected chi connectivity index (χ3v) is 8.93. The van der Waals surface area contributed by atoms with Crippen LogP contribution in [0.15, 0.2) is 48.7 Å². The number of hydrogen-bond donors (Lipinski definition) is 3. The smallest absolute Gasteiger partial charge is 0.416 e. The van der Waals surface area contributed by atoms with E-state index in [1.54, 1.807) is 18.3 Å². The van der Waals surface area contributed by atoms with Crippen molar-refractivity contribution in [2.75, 3.05) is 43.4 Å². The number of ether oxygens (including phenoxy) is 2. The molecule has 1 aliphatic carbocycles. The summed E-state index contributed by atoms with van der Waals surface area (Å²) in [6.07, 6.45) is -2.38. The molecule has 4 heterocycles. The van der Waals surface area contributed by atoms with Gasteiger partial charge in [-0.1, -0.05) is 13.0 Å². The van der Waals surface area contributed by atoms with E-state index in [-0.39, 0.29) is 41.8 Å². The van der Waals surface area contributed by atoms with Crippen molar-refractivity contribution in [1.29, 1.82) is 0 Å². The van der Waals surface area contributed by atoms with Gasteiger partial charge in [0.25, 0.3) is 0 Å². The quantitative estimate of drug-likeness (QED) is 0.342. The zero-order valence-corrected chi connectivity index (χ0v) is 24.6. The van der Waals surface area contributed by atoms with Crippen LogP contribution in [0.5, 0.6) is 17.2 Å². The van der Waals surface area contributed by atoms with Gasteiger partial charge < -0.3 is 30.3 Å². The van der Waals surface area contributed by atoms with Gasteiger partial charge in [0, 0.05) is 62.2 Å². The lowest BCUT2D eigenvalue weighted by Gasteiger charge is -2.34. The average Bonchev–Trinajstić information content (AvgIpc) is 3.53. The standard InChI is InChI=1S/C32H33F3N6O4/c1-2-40-11-13-41(14-12-40)17-18-3-4-19(15-23(18)32(33,34)35)37-31(43)39-28-27-22-16-20(5-7-24(22)45-29(27)28)44-25-9-10-36-30-21(25)6-8-26(42)38-30/h3-5,7,9-10,15-16,27-29H,2,6,8,11-14,17H2,1H3,(H,36,38,42)(H2,37,39,43). The maximum Gasteiger partial charge on any atom is 0.416 e. The number of urea groups is 1. The Morgan fingerprint density at radius 1 is 1.09 bits per heavy atom. The molecule has 3 aromatic rings. The van der Waals surface area contributed by atoms with E-state index in [1.807, 2.05) is 17.0 Å². The van der Waals surface area contributed by atoms with Crippen LogP contribution in [-0.2, 0) is 23.9 Å². The fourth-order valence-electron chi connectivity index (χ4n) is 6.44. The molecular weight excluding hydrogens is 589 g/mol. The van der Waals surface area contributed by atoms with Crippen LogP contribution in [0.3, 0.4) is 0 Å². The van der Waals surface area contributed by atoms with Crippen LogP contribution in [0.2, 0.25) is 0 Å². The summed E-state index contributed by atoms with van der Waals surface area (Å²) in [6.45, 7) is 6.28. The Bertz CT molecular complexity index is 1640. The molecule has 3 aliphatic heterocycles. The van der Waals surface area contributed by atoms with E-state index >= 15 is 0 Å². The first-order chi connectivity index (χ1) is 21.7. The second kappa shape index (κ2) is 11.5. The number of likely N-dealkylation sites (N-methyl/N-ethyl adjacent to an activating group) is 1. The summed E-state index contributed by atoms with van der Waals surface area (Å²) in [4.78, 5) is 33.1. The molecule has 2 fully saturated rings. The second-order valence-corrected chi connectivity index (χ2v) is 11.8. The van der Waals surface area contributed by atoms with Gasteiger partial charge in [-0.2, -0.15) is 13.2 Å². The van der Waals surface area contributed by atoms with Crippen molar-refractivity contribution in [2.24, 2.45) is 0 Å². The first-order valence-electron chi connectivity index (χ1n) is 15.1. The van der Waals surface area contributed by atoms with Crippen molar-refractivity contribution >= 4 is 23.4 Å². The highest BCUT2D eigenvalue weighted by Crippen LogP contribution is 2.54. The van der Waals surface area contributed by atoms with Gasteiger partial charge in [0.1, 0.15) is 29.2 Å². The molecule has 0 spiro atoms. The monoisotopic (exact) mass is 622 g/mol. The maximum atomic E-state index is 14.0. The number of benzene rings is 2. The fourth-order valence-corrected chi connectivity index (χ4v) is 6.44. The number of carbonyl (C=O) groups excluding carboxylic acids is 2. The van der Waals surface area contributed by atoms with Gasteiger partial charge in [0.05, 0.1) is 17.5 Å². The Morgan fingerprint density at radius 3 is 2.67 bits per heavy atom. The molecule has 7 rings (SSSR count). The number of pyridine rings is 1. The number of alkyl halides is 3. The summed E-state index contributed by atoms with van der Waals surface area (Å²) in [7, 11) is 0. The van der Waals surface area contributed by atoms with E-state index < -0.39 is 17.8 Å². The number of anilines is 2. The van der Waals surface area contributed by atoms with Crippen molar-refractivity contribution in [3.05, 3.63) is 70.9 Å². The molecule has 10 nitrogen and oxygen atoms in total. The summed E-state index contributed by atoms with van der Waals surface area (Å²) in [6, 6.07) is 10.2. The molecule has 0 radical (unpaired) electrons. The zero-order valence-electron chi connectivity index (χ0n) is 24.6. The van der Waals surface area contributed by atoms with Crippen LogP contribution in [0.4, 0.5) is 29.5 Å². The van der Waals surface area contributed by atoms with Gasteiger partial charge >= 0.3 is 12.2 Å². The lowest BCUT2D eigenvalue weighted by molar-refractivity contribution is -0.138. The van der Waals surface area contributed by atoms with Crippen molar-refractivity contribution in [2.45, 2.75) is 50.6 Å². The Labute approximate surface area is 257 Å². The van der Waals surface area contributed by atoms with Crippen molar-refractivity contribution in [1.82, 2.24) is 20.1 Å². The maximum absolute atomic E-state index is 14.0. The number of amides is 3. The third-order valence-electron chi connectivity index (χ3n) is 8.93. The van der Waals surface area contributed by atoms with Gasteiger partial charge in [0.2, 0.25) is 5.91 Å². The first-order valence-corrected chi connectivity index (χ1v) is 15.1. The Hall–Kier alpha value is -4.36. The molecule has 3 N–H and O–H groups in total. The summed E-state index contributed by atoms with van der Waals surface area (Å²) >= 11 is 0. The van der Waals surface area contributed by atoms with Gasteiger partial charge in [-0.15, -0.1) is 0 Å². The van der Waals surface area contributed by atoms with Crippen molar-refractivity contribution < 1.29 is 32.2 Å². The molecule has 4 aliphatic rings. The third kappa shape index (κ3) is 6.01. The SMILES string of the molecule is CCN1CCN(Cc2ccc(NC(=O)NC3C4Oc5ccc(Oc6ccnc7c6CCC(=O)N7)cc5C34)cc2C(F)(F)F)CC1. The molecule has 0 bridgehead atoms. The number of piperazine rings is 1. The topological polar surface area (TPSA) is 108 Å². The molecule has 1 saturated heterocycles. The van der Waals surface area contributed by atoms with Crippen molar-refractivity contribution in [3.8, 4) is 17.2 Å². The van der Waals surface area contributed by atoms with Crippen LogP contribution < -0.4 is 25.4 Å². The molecule has 3 amide bonds. The summed E-state index contributed by atoms with van der Waals surface area (Å²) in [5.74, 6) is 2.17. The van der Waals surface area contributed by atoms with Crippen molar-refractivity contribution in [3.63, 3.8) is 0 Å². The van der Waals surface area contributed by atoms with Gasteiger partial charge in [-0.3, -0.25) is 9.69 Å². The minimum Gasteiger partial charge on any atom is -0.487 e. The number of hydrogen-bond acceptors (Lipinski definition) is 7. The fraction of sp³-hybridized carbons (Fsp3) is 0.406. The molecule has 45 heavy (non-hydrogen) atoms. The van der Waals surface area contributed by atoms with E-state index in [4.69, 9.17) is 9.47 Å². The number of halogens is 3. The highest BCUT2D eigenvalue weighted by molar-refractivity contribution is 5.93. The number of nitrogens with one attached hydrogen (secondary N) is 3. The van der Waals surface area contributed by atoms with E-state index in [9.17, 15) is 22.8 Å². The van der Waals surface area contributed by atoms with Crippen LogP contribution in [-0.4, -0.2) is 71.6 Å². The molecule has 3 unspecified atom stereocenters. The van der Waals surface area contributed by atoms with E-state index in [1.165, 1.54) is 12.1 Å². The number of nitrogens with zero attached hydrogens (tertiary/aromatic N) is 3. The van der Waals surface area contributed by atoms with Gasteiger partial charge in [0.15, 0.2) is 0 Å². The second-order valence-electron chi connectivity index (χ2n) is 11.8. The highest BCUT2D eigenvalue weighted by atomic mass is 19.4. The van der Waals surface area contributed by atoms with Crippen LogP contribution in [0.25, 0.3) is 0 Å². The van der Waals surface area contributed by atoms with Gasteiger partial charge in [-0.25, -0.2) is 9.78 Å². The molecule has 236 valence electrons. The Kier molecular flexibility index (Phi) is 7.52. The molecule has 1 saturated carbocycles. The van der Waals surface area contributed by atoms with Crippen LogP contribution >= 0.6 is 0 Å². The number of aromatic nitrogens is 1.